The molecular weight excluding hydrogens is 713 g/mol. The Morgan fingerprint density at radius 2 is 0.390 bits per heavy atom. The summed E-state index contributed by atoms with van der Waals surface area (Å²) in [5.74, 6) is 0. The smallest absolute Gasteiger partial charge is 0.101 e. The van der Waals surface area contributed by atoms with E-state index in [0.717, 1.165) is 0 Å². The van der Waals surface area contributed by atoms with E-state index in [1.807, 2.05) is 0 Å². The number of hydrogen-bond donors (Lipinski definition) is 0. The number of rotatable bonds is 51. The lowest BCUT2D eigenvalue weighted by atomic mass is 10.0. The molecule has 0 N–H and O–H groups in total. The van der Waals surface area contributed by atoms with Crippen LogP contribution in [-0.4, -0.2) is 29.1 Å². The van der Waals surface area contributed by atoms with Crippen molar-refractivity contribution in [2.45, 2.75) is 342 Å². The highest BCUT2D eigenvalue weighted by molar-refractivity contribution is 4.97. The Bertz CT molecular complexity index is 792. The molecule has 0 aromatic carbocycles. The fourth-order valence-corrected chi connectivity index (χ4v) is 9.90. The average molecular weight is 828 g/mol. The van der Waals surface area contributed by atoms with Crippen LogP contribution in [0.25, 0.3) is 0 Å². The summed E-state index contributed by atoms with van der Waals surface area (Å²) < 4.78 is 0. The lowest BCUT2D eigenvalue weighted by molar-refractivity contribution is 0.135. The van der Waals surface area contributed by atoms with E-state index in [1.165, 1.54) is 328 Å². The molecule has 1 aliphatic rings. The minimum absolute atomic E-state index is 0.634. The van der Waals surface area contributed by atoms with Gasteiger partial charge in [-0.05, 0) is 25.7 Å². The van der Waals surface area contributed by atoms with Crippen LogP contribution >= 0.6 is 0 Å². The van der Waals surface area contributed by atoms with Crippen LogP contribution in [0.3, 0.4) is 0 Å². The molecule has 352 valence electrons. The summed E-state index contributed by atoms with van der Waals surface area (Å²) in [4.78, 5) is 5.50. The summed E-state index contributed by atoms with van der Waals surface area (Å²) in [7, 11) is 0. The van der Waals surface area contributed by atoms with Crippen LogP contribution in [0.15, 0.2) is 12.4 Å². The van der Waals surface area contributed by atoms with Crippen LogP contribution in [0.5, 0.6) is 0 Å². The molecule has 0 aromatic heterocycles. The first-order valence-corrected chi connectivity index (χ1v) is 28.5. The van der Waals surface area contributed by atoms with Crippen LogP contribution in [-0.2, 0) is 0 Å². The Kier molecular flexibility index (Phi) is 46.2. The van der Waals surface area contributed by atoms with Gasteiger partial charge in [-0.1, -0.05) is 310 Å². The zero-order chi connectivity index (χ0) is 42.2. The highest BCUT2D eigenvalue weighted by Crippen LogP contribution is 2.25. The number of hydrogen-bond acceptors (Lipinski definition) is 2. The van der Waals surface area contributed by atoms with Gasteiger partial charge in [0.2, 0.25) is 0 Å². The maximum atomic E-state index is 2.75. The second kappa shape index (κ2) is 48.4. The molecular formula is C57H114N2. The SMILES string of the molecule is CCCCCCCCCCCCCCCCCCCN1C=CN(CCCCCCCCCCCCCCCCCC)C1CCCCCCCCCCCCCCCCC. The summed E-state index contributed by atoms with van der Waals surface area (Å²) in [6.45, 7) is 9.50. The fraction of sp³-hybridized carbons (Fsp3) is 0.965. The molecule has 1 atom stereocenters. The van der Waals surface area contributed by atoms with Crippen LogP contribution in [0.4, 0.5) is 0 Å². The molecule has 0 spiro atoms. The predicted octanol–water partition coefficient (Wildman–Crippen LogP) is 20.6. The Morgan fingerprint density at radius 1 is 0.220 bits per heavy atom. The molecule has 0 amide bonds. The molecule has 0 radical (unpaired) electrons. The first kappa shape index (κ1) is 56.4. The van der Waals surface area contributed by atoms with Gasteiger partial charge in [-0.2, -0.15) is 0 Å². The van der Waals surface area contributed by atoms with Gasteiger partial charge in [0.15, 0.2) is 0 Å². The van der Waals surface area contributed by atoms with E-state index in [4.69, 9.17) is 0 Å². The maximum absolute atomic E-state index is 2.75. The van der Waals surface area contributed by atoms with E-state index >= 15 is 0 Å². The van der Waals surface area contributed by atoms with Crippen LogP contribution < -0.4 is 0 Å². The van der Waals surface area contributed by atoms with Gasteiger partial charge in [-0.25, -0.2) is 0 Å². The fourth-order valence-electron chi connectivity index (χ4n) is 9.90. The molecule has 2 nitrogen and oxygen atoms in total. The summed E-state index contributed by atoms with van der Waals surface area (Å²) in [5, 5.41) is 0. The molecule has 0 aromatic rings. The van der Waals surface area contributed by atoms with E-state index in [1.54, 1.807) is 0 Å². The molecule has 0 saturated carbocycles. The van der Waals surface area contributed by atoms with Gasteiger partial charge in [0.25, 0.3) is 0 Å². The van der Waals surface area contributed by atoms with Crippen molar-refractivity contribution >= 4 is 0 Å². The third-order valence-corrected chi connectivity index (χ3v) is 14.1. The molecule has 1 unspecified atom stereocenters. The lowest BCUT2D eigenvalue weighted by Crippen LogP contribution is -2.39. The van der Waals surface area contributed by atoms with Crippen molar-refractivity contribution in [2.75, 3.05) is 13.1 Å². The monoisotopic (exact) mass is 827 g/mol. The lowest BCUT2D eigenvalue weighted by Gasteiger charge is -2.33. The minimum atomic E-state index is 0.634. The van der Waals surface area contributed by atoms with Crippen molar-refractivity contribution < 1.29 is 0 Å². The van der Waals surface area contributed by atoms with Crippen molar-refractivity contribution in [1.82, 2.24) is 9.80 Å². The summed E-state index contributed by atoms with van der Waals surface area (Å²) >= 11 is 0. The summed E-state index contributed by atoms with van der Waals surface area (Å²) in [6, 6.07) is 0. The largest absolute Gasteiger partial charge is 0.356 e. The van der Waals surface area contributed by atoms with Gasteiger partial charge in [0.1, 0.15) is 6.17 Å². The number of nitrogens with zero attached hydrogens (tertiary/aromatic N) is 2. The molecule has 0 fully saturated rings. The zero-order valence-corrected chi connectivity index (χ0v) is 41.7. The van der Waals surface area contributed by atoms with Crippen LogP contribution in [0.2, 0.25) is 0 Å². The predicted molar refractivity (Wildman–Crippen MR) is 270 cm³/mol. The van der Waals surface area contributed by atoms with E-state index in [0.29, 0.717) is 6.17 Å². The van der Waals surface area contributed by atoms with E-state index in [2.05, 4.69) is 43.0 Å². The standard InChI is InChI=1S/C57H114N2/c1-4-7-10-13-16-19-22-25-28-30-33-36-39-42-45-48-51-54-59-56-55-58(53-50-47-44-41-38-35-32-29-26-23-20-17-14-11-8-5-2)57(59)52-49-46-43-40-37-34-31-27-24-21-18-15-12-9-6-3/h55-57H,4-54H2,1-3H3. The molecule has 1 aliphatic heterocycles. The minimum Gasteiger partial charge on any atom is -0.356 e. The normalized spacial score (nSPS) is 14.1. The highest BCUT2D eigenvalue weighted by Gasteiger charge is 2.25. The van der Waals surface area contributed by atoms with Gasteiger partial charge in [0, 0.05) is 25.5 Å². The van der Waals surface area contributed by atoms with Crippen molar-refractivity contribution in [3.05, 3.63) is 12.4 Å². The number of unbranched alkanes of at least 4 members (excludes halogenated alkanes) is 45. The molecule has 1 rings (SSSR count). The van der Waals surface area contributed by atoms with E-state index < -0.39 is 0 Å². The van der Waals surface area contributed by atoms with Crippen LogP contribution in [0, 0.1) is 0 Å². The van der Waals surface area contributed by atoms with Crippen molar-refractivity contribution in [3.8, 4) is 0 Å². The molecule has 2 heteroatoms. The van der Waals surface area contributed by atoms with Gasteiger partial charge in [-0.3, -0.25) is 0 Å². The van der Waals surface area contributed by atoms with E-state index in [9.17, 15) is 0 Å². The Balaban J connectivity index is 2.18. The van der Waals surface area contributed by atoms with Gasteiger partial charge < -0.3 is 9.80 Å². The molecule has 0 saturated heterocycles. The van der Waals surface area contributed by atoms with Gasteiger partial charge >= 0.3 is 0 Å². The van der Waals surface area contributed by atoms with Crippen molar-refractivity contribution in [1.29, 1.82) is 0 Å². The molecule has 0 aliphatic carbocycles. The second-order valence-corrected chi connectivity index (χ2v) is 20.0. The van der Waals surface area contributed by atoms with Gasteiger partial charge in [0.05, 0.1) is 0 Å². The Morgan fingerprint density at radius 3 is 0.593 bits per heavy atom. The van der Waals surface area contributed by atoms with Gasteiger partial charge in [-0.15, -0.1) is 0 Å². The Labute approximate surface area is 375 Å². The second-order valence-electron chi connectivity index (χ2n) is 20.0. The van der Waals surface area contributed by atoms with Crippen molar-refractivity contribution in [2.24, 2.45) is 0 Å². The molecule has 1 heterocycles. The molecule has 0 bridgehead atoms. The topological polar surface area (TPSA) is 6.48 Å². The first-order chi connectivity index (χ1) is 29.3. The third kappa shape index (κ3) is 39.9. The van der Waals surface area contributed by atoms with Crippen molar-refractivity contribution in [3.63, 3.8) is 0 Å². The van der Waals surface area contributed by atoms with E-state index in [-0.39, 0.29) is 0 Å². The molecule has 59 heavy (non-hydrogen) atoms. The highest BCUT2D eigenvalue weighted by atomic mass is 15.4. The Hall–Kier alpha value is -0.660. The maximum Gasteiger partial charge on any atom is 0.101 e. The zero-order valence-electron chi connectivity index (χ0n) is 41.7. The quantitative estimate of drug-likeness (QED) is 0.0564. The average Bonchev–Trinajstić information content (AvgIpc) is 3.63. The third-order valence-electron chi connectivity index (χ3n) is 14.1. The summed E-state index contributed by atoms with van der Waals surface area (Å²) in [5.41, 5.74) is 0. The summed E-state index contributed by atoms with van der Waals surface area (Å²) in [6.07, 6.45) is 76.8. The first-order valence-electron chi connectivity index (χ1n) is 28.5. The van der Waals surface area contributed by atoms with Crippen LogP contribution in [0.1, 0.15) is 335 Å².